The number of fused-ring (bicyclic) bond motifs is 1. The minimum absolute atomic E-state index is 0.422. The summed E-state index contributed by atoms with van der Waals surface area (Å²) in [5.74, 6) is 0.929. The first-order valence-corrected chi connectivity index (χ1v) is 7.62. The summed E-state index contributed by atoms with van der Waals surface area (Å²) in [5.41, 5.74) is 3.47. The highest BCUT2D eigenvalue weighted by Crippen LogP contribution is 2.24. The van der Waals surface area contributed by atoms with Crippen LogP contribution in [0, 0.1) is 0 Å². The van der Waals surface area contributed by atoms with E-state index in [9.17, 15) is 0 Å². The van der Waals surface area contributed by atoms with Gasteiger partial charge in [-0.15, -0.1) is 0 Å². The smallest absolute Gasteiger partial charge is 0.137 e. The molecule has 1 aromatic carbocycles. The molecule has 0 aliphatic carbocycles. The molecule has 112 valence electrons. The minimum atomic E-state index is 0.422. The number of aromatic amines is 1. The summed E-state index contributed by atoms with van der Waals surface area (Å²) < 4.78 is 5.25. The first-order chi connectivity index (χ1) is 10.2. The van der Waals surface area contributed by atoms with Crippen molar-refractivity contribution in [3.63, 3.8) is 0 Å². The van der Waals surface area contributed by atoms with Crippen LogP contribution in [0.2, 0.25) is 5.02 Å². The topological polar surface area (TPSA) is 41.1 Å². The average molecular weight is 306 g/mol. The third-order valence-electron chi connectivity index (χ3n) is 4.01. The van der Waals surface area contributed by atoms with Gasteiger partial charge >= 0.3 is 0 Å². The normalized spacial score (nSPS) is 16.7. The fourth-order valence-corrected chi connectivity index (χ4v) is 2.91. The summed E-state index contributed by atoms with van der Waals surface area (Å²) in [6.45, 7) is 4.89. The van der Waals surface area contributed by atoms with E-state index in [0.717, 1.165) is 42.5 Å². The second-order valence-electron chi connectivity index (χ2n) is 5.54. The third kappa shape index (κ3) is 3.12. The van der Waals surface area contributed by atoms with Crippen LogP contribution >= 0.6 is 11.6 Å². The molecule has 1 aliphatic heterocycles. The number of hydrogen-bond donors (Lipinski definition) is 1. The molecule has 1 atom stereocenters. The Morgan fingerprint density at radius 3 is 2.86 bits per heavy atom. The second-order valence-corrected chi connectivity index (χ2v) is 5.98. The first-order valence-electron chi connectivity index (χ1n) is 7.24. The average Bonchev–Trinajstić information content (AvgIpc) is 2.91. The van der Waals surface area contributed by atoms with Gasteiger partial charge in [-0.2, -0.15) is 0 Å². The molecule has 0 spiro atoms. The van der Waals surface area contributed by atoms with Gasteiger partial charge in [0.2, 0.25) is 0 Å². The summed E-state index contributed by atoms with van der Waals surface area (Å²) in [5, 5.41) is 0.745. The van der Waals surface area contributed by atoms with Gasteiger partial charge in [-0.05, 0) is 31.2 Å². The molecule has 0 radical (unpaired) electrons. The Hall–Kier alpha value is -1.36. The lowest BCUT2D eigenvalue weighted by molar-refractivity contribution is 0.0898. The Morgan fingerprint density at radius 1 is 1.38 bits per heavy atom. The molecule has 1 aromatic heterocycles. The summed E-state index contributed by atoms with van der Waals surface area (Å²) in [6.07, 6.45) is 0.980. The molecule has 2 aromatic rings. The fraction of sp³-hybridized carbons (Fsp3) is 0.438. The number of nitrogens with one attached hydrogen (secondary N) is 1. The summed E-state index contributed by atoms with van der Waals surface area (Å²) in [6, 6.07) is 8.21. The van der Waals surface area contributed by atoms with Crippen LogP contribution in [0.4, 0.5) is 0 Å². The number of ether oxygens (including phenoxy) is 1. The Bertz CT molecular complexity index is 608. The highest BCUT2D eigenvalue weighted by atomic mass is 35.5. The Labute approximate surface area is 130 Å². The summed E-state index contributed by atoms with van der Waals surface area (Å²) >= 11 is 5.93. The highest BCUT2D eigenvalue weighted by Gasteiger charge is 2.23. The summed E-state index contributed by atoms with van der Waals surface area (Å²) in [7, 11) is 1.75. The molecule has 0 saturated carbocycles. The quantitative estimate of drug-likeness (QED) is 0.943. The molecular formula is C16H20ClN3O. The number of aromatic nitrogens is 2. The third-order valence-corrected chi connectivity index (χ3v) is 4.26. The van der Waals surface area contributed by atoms with Crippen LogP contribution in [0.15, 0.2) is 24.3 Å². The molecule has 0 fully saturated rings. The predicted molar refractivity (Wildman–Crippen MR) is 84.5 cm³/mol. The zero-order valence-corrected chi connectivity index (χ0v) is 13.2. The number of nitrogens with zero attached hydrogens (tertiary/aromatic N) is 2. The van der Waals surface area contributed by atoms with Crippen LogP contribution < -0.4 is 0 Å². The SMILES string of the molecule is COCC(C)N1CCc2nc(-c3ccc(Cl)cc3)[nH]c2C1. The maximum atomic E-state index is 5.93. The van der Waals surface area contributed by atoms with Crippen LogP contribution in [0.25, 0.3) is 11.4 Å². The number of rotatable bonds is 4. The van der Waals surface area contributed by atoms with Gasteiger partial charge in [0, 0.05) is 43.2 Å². The van der Waals surface area contributed by atoms with Crippen molar-refractivity contribution in [3.05, 3.63) is 40.7 Å². The molecule has 0 amide bonds. The largest absolute Gasteiger partial charge is 0.383 e. The van der Waals surface area contributed by atoms with E-state index in [1.165, 1.54) is 11.4 Å². The van der Waals surface area contributed by atoms with E-state index in [1.54, 1.807) is 7.11 Å². The molecule has 3 rings (SSSR count). The number of H-pyrrole nitrogens is 1. The van der Waals surface area contributed by atoms with Crippen LogP contribution in [-0.4, -0.2) is 41.2 Å². The monoisotopic (exact) mass is 305 g/mol. The number of benzene rings is 1. The lowest BCUT2D eigenvalue weighted by Crippen LogP contribution is -2.40. The number of hydrogen-bond acceptors (Lipinski definition) is 3. The second kappa shape index (κ2) is 6.18. The maximum Gasteiger partial charge on any atom is 0.137 e. The molecule has 2 heterocycles. The van der Waals surface area contributed by atoms with Gasteiger partial charge in [-0.1, -0.05) is 11.6 Å². The van der Waals surface area contributed by atoms with Crippen molar-refractivity contribution < 1.29 is 4.74 Å². The molecule has 1 N–H and O–H groups in total. The van der Waals surface area contributed by atoms with Crippen molar-refractivity contribution in [2.45, 2.75) is 25.9 Å². The molecular weight excluding hydrogens is 286 g/mol. The molecule has 0 saturated heterocycles. The van der Waals surface area contributed by atoms with Gasteiger partial charge in [0.15, 0.2) is 0 Å². The van der Waals surface area contributed by atoms with Crippen molar-refractivity contribution in [2.75, 3.05) is 20.3 Å². The number of halogens is 1. The minimum Gasteiger partial charge on any atom is -0.383 e. The molecule has 4 nitrogen and oxygen atoms in total. The van der Waals surface area contributed by atoms with Gasteiger partial charge in [0.25, 0.3) is 0 Å². The molecule has 0 bridgehead atoms. The Kier molecular flexibility index (Phi) is 4.29. The van der Waals surface area contributed by atoms with Gasteiger partial charge < -0.3 is 9.72 Å². The van der Waals surface area contributed by atoms with Gasteiger partial charge in [0.1, 0.15) is 5.82 Å². The Morgan fingerprint density at radius 2 is 2.14 bits per heavy atom. The van der Waals surface area contributed by atoms with Gasteiger partial charge in [-0.25, -0.2) is 4.98 Å². The van der Waals surface area contributed by atoms with E-state index in [4.69, 9.17) is 21.3 Å². The highest BCUT2D eigenvalue weighted by molar-refractivity contribution is 6.30. The zero-order chi connectivity index (χ0) is 14.8. The van der Waals surface area contributed by atoms with Crippen molar-refractivity contribution in [3.8, 4) is 11.4 Å². The van der Waals surface area contributed by atoms with Crippen LogP contribution in [-0.2, 0) is 17.7 Å². The number of imidazole rings is 1. The van der Waals surface area contributed by atoms with Crippen molar-refractivity contribution in [1.82, 2.24) is 14.9 Å². The fourth-order valence-electron chi connectivity index (χ4n) is 2.78. The zero-order valence-electron chi connectivity index (χ0n) is 12.4. The number of methoxy groups -OCH3 is 1. The standard InChI is InChI=1S/C16H20ClN3O/c1-11(10-21-2)20-8-7-14-15(9-20)19-16(18-14)12-3-5-13(17)6-4-12/h3-6,11H,7-10H2,1-2H3,(H,18,19). The molecule has 1 aliphatic rings. The Balaban J connectivity index is 1.79. The maximum absolute atomic E-state index is 5.93. The van der Waals surface area contributed by atoms with Crippen LogP contribution in [0.5, 0.6) is 0 Å². The lowest BCUT2D eigenvalue weighted by atomic mass is 10.1. The molecule has 21 heavy (non-hydrogen) atoms. The van der Waals surface area contributed by atoms with Gasteiger partial charge in [0.05, 0.1) is 18.0 Å². The van der Waals surface area contributed by atoms with E-state index in [-0.39, 0.29) is 0 Å². The van der Waals surface area contributed by atoms with E-state index < -0.39 is 0 Å². The predicted octanol–water partition coefficient (Wildman–Crippen LogP) is 3.12. The van der Waals surface area contributed by atoms with Crippen LogP contribution in [0.3, 0.4) is 0 Å². The van der Waals surface area contributed by atoms with E-state index in [2.05, 4.69) is 16.8 Å². The van der Waals surface area contributed by atoms with Crippen molar-refractivity contribution in [2.24, 2.45) is 0 Å². The lowest BCUT2D eigenvalue weighted by Gasteiger charge is -2.31. The van der Waals surface area contributed by atoms with Gasteiger partial charge in [-0.3, -0.25) is 4.90 Å². The van der Waals surface area contributed by atoms with E-state index in [0.29, 0.717) is 6.04 Å². The summed E-state index contributed by atoms with van der Waals surface area (Å²) in [4.78, 5) is 10.6. The van der Waals surface area contributed by atoms with Crippen LogP contribution in [0.1, 0.15) is 18.3 Å². The first kappa shape index (κ1) is 14.6. The van der Waals surface area contributed by atoms with E-state index in [1.807, 2.05) is 24.3 Å². The van der Waals surface area contributed by atoms with Crippen molar-refractivity contribution in [1.29, 1.82) is 0 Å². The molecule has 1 unspecified atom stereocenters. The molecule has 5 heteroatoms. The van der Waals surface area contributed by atoms with Crippen molar-refractivity contribution >= 4 is 11.6 Å². The van der Waals surface area contributed by atoms with E-state index >= 15 is 0 Å².